The van der Waals surface area contributed by atoms with Crippen molar-refractivity contribution in [1.29, 1.82) is 0 Å². The van der Waals surface area contributed by atoms with Gasteiger partial charge < -0.3 is 10.0 Å². The first-order valence-corrected chi connectivity index (χ1v) is 8.91. The number of aromatic nitrogens is 2. The SMILES string of the molecule is CC(=O)c1ccc(C(=O)N2CCC[C@H](c3ccn(CC(=O)O)n3)C2)s1. The lowest BCUT2D eigenvalue weighted by Crippen LogP contribution is -2.38. The first-order chi connectivity index (χ1) is 11.9. The zero-order valence-corrected chi connectivity index (χ0v) is 14.7. The molecule has 3 heterocycles. The van der Waals surface area contributed by atoms with Crippen LogP contribution in [0.2, 0.25) is 0 Å². The van der Waals surface area contributed by atoms with Crippen LogP contribution in [0.3, 0.4) is 0 Å². The summed E-state index contributed by atoms with van der Waals surface area (Å²) in [5.74, 6) is -0.939. The molecular weight excluding hydrogens is 342 g/mol. The van der Waals surface area contributed by atoms with Crippen molar-refractivity contribution in [2.24, 2.45) is 0 Å². The molecule has 8 heteroatoms. The van der Waals surface area contributed by atoms with Crippen LogP contribution in [0.1, 0.15) is 50.7 Å². The zero-order chi connectivity index (χ0) is 18.0. The quantitative estimate of drug-likeness (QED) is 0.825. The zero-order valence-electron chi connectivity index (χ0n) is 13.8. The molecule has 7 nitrogen and oxygen atoms in total. The maximum Gasteiger partial charge on any atom is 0.325 e. The highest BCUT2D eigenvalue weighted by Crippen LogP contribution is 2.28. The summed E-state index contributed by atoms with van der Waals surface area (Å²) in [5.41, 5.74) is 0.814. The minimum Gasteiger partial charge on any atom is -0.480 e. The minimum atomic E-state index is -0.936. The molecule has 0 aromatic carbocycles. The number of piperidine rings is 1. The van der Waals surface area contributed by atoms with Crippen LogP contribution >= 0.6 is 11.3 Å². The number of likely N-dealkylation sites (tertiary alicyclic amines) is 1. The third-order valence-electron chi connectivity index (χ3n) is 4.25. The molecule has 0 unspecified atom stereocenters. The normalized spacial score (nSPS) is 17.5. The van der Waals surface area contributed by atoms with E-state index < -0.39 is 5.97 Å². The number of amides is 1. The van der Waals surface area contributed by atoms with Gasteiger partial charge in [-0.15, -0.1) is 11.3 Å². The fourth-order valence-corrected chi connectivity index (χ4v) is 3.89. The van der Waals surface area contributed by atoms with Crippen molar-refractivity contribution in [3.05, 3.63) is 39.8 Å². The Morgan fingerprint density at radius 3 is 2.72 bits per heavy atom. The lowest BCUT2D eigenvalue weighted by atomic mass is 9.95. The fraction of sp³-hybridized carbons (Fsp3) is 0.412. The molecule has 1 amide bonds. The van der Waals surface area contributed by atoms with Crippen molar-refractivity contribution in [2.75, 3.05) is 13.1 Å². The number of carbonyl (C=O) groups excluding carboxylic acids is 2. The Bertz CT molecular complexity index is 810. The summed E-state index contributed by atoms with van der Waals surface area (Å²) in [4.78, 5) is 37.8. The molecule has 0 saturated carbocycles. The number of rotatable bonds is 5. The Labute approximate surface area is 148 Å². The highest BCUT2D eigenvalue weighted by Gasteiger charge is 2.27. The lowest BCUT2D eigenvalue weighted by molar-refractivity contribution is -0.137. The fourth-order valence-electron chi connectivity index (χ4n) is 3.02. The summed E-state index contributed by atoms with van der Waals surface area (Å²) in [7, 11) is 0. The van der Waals surface area contributed by atoms with E-state index in [4.69, 9.17) is 5.11 Å². The molecule has 2 aromatic heterocycles. The van der Waals surface area contributed by atoms with Gasteiger partial charge >= 0.3 is 5.97 Å². The average molecular weight is 361 g/mol. The number of nitrogens with zero attached hydrogens (tertiary/aromatic N) is 3. The van der Waals surface area contributed by atoms with E-state index in [1.54, 1.807) is 23.2 Å². The number of carbonyl (C=O) groups is 3. The third-order valence-corrected chi connectivity index (χ3v) is 5.42. The van der Waals surface area contributed by atoms with Crippen LogP contribution in [-0.4, -0.2) is 50.5 Å². The molecule has 3 rings (SSSR count). The maximum absolute atomic E-state index is 12.7. The van der Waals surface area contributed by atoms with E-state index in [0.29, 0.717) is 22.8 Å². The van der Waals surface area contributed by atoms with Crippen LogP contribution in [-0.2, 0) is 11.3 Å². The van der Waals surface area contributed by atoms with Gasteiger partial charge in [0, 0.05) is 25.2 Å². The minimum absolute atomic E-state index is 0.0375. The van der Waals surface area contributed by atoms with E-state index >= 15 is 0 Å². The molecule has 0 bridgehead atoms. The van der Waals surface area contributed by atoms with Crippen LogP contribution in [0.15, 0.2) is 24.4 Å². The first-order valence-electron chi connectivity index (χ1n) is 8.09. The van der Waals surface area contributed by atoms with Crippen molar-refractivity contribution in [1.82, 2.24) is 14.7 Å². The summed E-state index contributed by atoms with van der Waals surface area (Å²) < 4.78 is 1.40. The van der Waals surface area contributed by atoms with Crippen molar-refractivity contribution >= 4 is 29.0 Å². The van der Waals surface area contributed by atoms with Crippen LogP contribution in [0.5, 0.6) is 0 Å². The molecule has 0 radical (unpaired) electrons. The van der Waals surface area contributed by atoms with E-state index in [9.17, 15) is 14.4 Å². The van der Waals surface area contributed by atoms with Crippen LogP contribution in [0.25, 0.3) is 0 Å². The van der Waals surface area contributed by atoms with Crippen LogP contribution < -0.4 is 0 Å². The molecule has 1 N–H and O–H groups in total. The number of aliphatic carboxylic acids is 1. The van der Waals surface area contributed by atoms with Gasteiger partial charge in [0.25, 0.3) is 5.91 Å². The number of hydrogen-bond donors (Lipinski definition) is 1. The van der Waals surface area contributed by atoms with Crippen LogP contribution in [0.4, 0.5) is 0 Å². The van der Waals surface area contributed by atoms with E-state index in [1.807, 2.05) is 6.07 Å². The molecule has 1 saturated heterocycles. The van der Waals surface area contributed by atoms with Gasteiger partial charge in [-0.1, -0.05) is 0 Å². The van der Waals surface area contributed by atoms with Gasteiger partial charge in [-0.2, -0.15) is 5.10 Å². The number of thiophene rings is 1. The van der Waals surface area contributed by atoms with Crippen molar-refractivity contribution < 1.29 is 19.5 Å². The molecule has 25 heavy (non-hydrogen) atoms. The van der Waals surface area contributed by atoms with E-state index in [-0.39, 0.29) is 24.2 Å². The second kappa shape index (κ2) is 7.18. The van der Waals surface area contributed by atoms with E-state index in [2.05, 4.69) is 5.10 Å². The number of carboxylic acid groups (broad SMARTS) is 1. The van der Waals surface area contributed by atoms with Gasteiger partial charge in [0.15, 0.2) is 5.78 Å². The molecule has 1 fully saturated rings. The average Bonchev–Trinajstić information content (AvgIpc) is 3.23. The summed E-state index contributed by atoms with van der Waals surface area (Å²) in [6.07, 6.45) is 3.44. The van der Waals surface area contributed by atoms with Gasteiger partial charge in [0.05, 0.1) is 15.4 Å². The molecule has 1 atom stereocenters. The lowest BCUT2D eigenvalue weighted by Gasteiger charge is -2.31. The summed E-state index contributed by atoms with van der Waals surface area (Å²) in [5, 5.41) is 13.2. The predicted octanol–water partition coefficient (Wildman–Crippen LogP) is 2.25. The maximum atomic E-state index is 12.7. The second-order valence-corrected chi connectivity index (χ2v) is 7.23. The predicted molar refractivity (Wildman–Crippen MR) is 92.1 cm³/mol. The molecular formula is C17H19N3O4S. The van der Waals surface area contributed by atoms with Crippen molar-refractivity contribution in [3.8, 4) is 0 Å². The summed E-state index contributed by atoms with van der Waals surface area (Å²) >= 11 is 1.22. The molecule has 2 aromatic rings. The van der Waals surface area contributed by atoms with E-state index in [1.165, 1.54) is 22.9 Å². The third kappa shape index (κ3) is 3.96. The Kier molecular flexibility index (Phi) is 4.98. The Morgan fingerprint density at radius 2 is 2.04 bits per heavy atom. The molecule has 1 aliphatic rings. The summed E-state index contributed by atoms with van der Waals surface area (Å²) in [6, 6.07) is 5.21. The topological polar surface area (TPSA) is 92.5 Å². The van der Waals surface area contributed by atoms with Crippen molar-refractivity contribution in [3.63, 3.8) is 0 Å². The Morgan fingerprint density at radius 1 is 1.28 bits per heavy atom. The first kappa shape index (κ1) is 17.3. The molecule has 0 aliphatic carbocycles. The highest BCUT2D eigenvalue weighted by molar-refractivity contribution is 7.15. The summed E-state index contributed by atoms with van der Waals surface area (Å²) in [6.45, 7) is 2.55. The molecule has 1 aliphatic heterocycles. The number of Topliss-reactive ketones (excluding diaryl/α,β-unsaturated/α-hetero) is 1. The van der Waals surface area contributed by atoms with Crippen molar-refractivity contribution in [2.45, 2.75) is 32.2 Å². The molecule has 0 spiro atoms. The Balaban J connectivity index is 1.69. The Hall–Kier alpha value is -2.48. The van der Waals surface area contributed by atoms with Gasteiger partial charge in [-0.25, -0.2) is 0 Å². The number of hydrogen-bond acceptors (Lipinski definition) is 5. The molecule has 132 valence electrons. The van der Waals surface area contributed by atoms with Gasteiger partial charge in [-0.3, -0.25) is 19.1 Å². The number of ketones is 1. The highest BCUT2D eigenvalue weighted by atomic mass is 32.1. The van der Waals surface area contributed by atoms with Crippen LogP contribution in [0, 0.1) is 0 Å². The van der Waals surface area contributed by atoms with Gasteiger partial charge in [0.1, 0.15) is 6.54 Å². The second-order valence-electron chi connectivity index (χ2n) is 6.14. The largest absolute Gasteiger partial charge is 0.480 e. The number of carboxylic acids is 1. The standard InChI is InChI=1S/C17H19N3O4S/c1-11(21)14-4-5-15(25-14)17(24)19-7-2-3-12(9-19)13-6-8-20(18-13)10-16(22)23/h4-6,8,12H,2-3,7,9-10H2,1H3,(H,22,23)/t12-/m0/s1. The van der Waals surface area contributed by atoms with E-state index in [0.717, 1.165) is 18.5 Å². The smallest absolute Gasteiger partial charge is 0.325 e. The monoisotopic (exact) mass is 361 g/mol. The van der Waals surface area contributed by atoms with Gasteiger partial charge in [0.2, 0.25) is 0 Å². The van der Waals surface area contributed by atoms with Gasteiger partial charge in [-0.05, 0) is 38.0 Å².